The van der Waals surface area contributed by atoms with E-state index in [1.54, 1.807) is 0 Å². The summed E-state index contributed by atoms with van der Waals surface area (Å²) in [5, 5.41) is 0. The minimum Gasteiger partial charge on any atom is -0.345 e. The van der Waals surface area contributed by atoms with Crippen molar-refractivity contribution in [3.63, 3.8) is 0 Å². The molecule has 0 fully saturated rings. The average Bonchev–Trinajstić information content (AvgIpc) is 1.37. The maximum Gasteiger partial charge on any atom is 0.148 e. The van der Waals surface area contributed by atoms with E-state index in [-0.39, 0.29) is 12.3 Å². The van der Waals surface area contributed by atoms with E-state index in [0.717, 1.165) is 0 Å². The highest BCUT2D eigenvalue weighted by Gasteiger charge is 1.54. The molecule has 0 aromatic rings. The van der Waals surface area contributed by atoms with Crippen molar-refractivity contribution in [2.75, 3.05) is 6.61 Å². The Balaban J connectivity index is -0.0000000450. The van der Waals surface area contributed by atoms with Crippen molar-refractivity contribution in [1.82, 2.24) is 12.3 Å². The van der Waals surface area contributed by atoms with Crippen molar-refractivity contribution in [2.45, 2.75) is 6.92 Å². The molecule has 34 valence electrons. The van der Waals surface area contributed by atoms with Crippen LogP contribution in [0.3, 0.4) is 0 Å². The Hall–Kier alpha value is 0.310. The summed E-state index contributed by atoms with van der Waals surface area (Å²) < 4.78 is 4.24. The van der Waals surface area contributed by atoms with Crippen molar-refractivity contribution < 1.29 is 4.52 Å². The first-order valence-corrected chi connectivity index (χ1v) is 1.54. The second kappa shape index (κ2) is 18.5. The standard InChI is InChI=1S/C2H5OP.2N/c1-2-3-4;;/h2H2,1H3;;. The van der Waals surface area contributed by atoms with Crippen LogP contribution >= 0.6 is 9.47 Å². The van der Waals surface area contributed by atoms with Gasteiger partial charge in [0, 0.05) is 18.9 Å². The van der Waals surface area contributed by atoms with Crippen LogP contribution in [0.4, 0.5) is 0 Å². The molecule has 0 spiro atoms. The van der Waals surface area contributed by atoms with Gasteiger partial charge in [0.25, 0.3) is 0 Å². The Morgan fingerprint density at radius 1 is 1.50 bits per heavy atom. The molecule has 0 aromatic heterocycles. The first-order chi connectivity index (χ1) is 1.91. The maximum atomic E-state index is 4.24. The van der Waals surface area contributed by atoms with Gasteiger partial charge in [0.1, 0.15) is 9.47 Å². The Morgan fingerprint density at radius 3 is 1.67 bits per heavy atom. The Kier molecular flexibility index (Phi) is 50.0. The van der Waals surface area contributed by atoms with Crippen LogP contribution in [0, 0.1) is 0 Å². The van der Waals surface area contributed by atoms with Gasteiger partial charge in [-0.05, 0) is 6.92 Å². The molecule has 0 aliphatic heterocycles. The van der Waals surface area contributed by atoms with E-state index < -0.39 is 0 Å². The molecule has 0 saturated heterocycles. The third kappa shape index (κ3) is 27.5. The Morgan fingerprint density at radius 2 is 1.67 bits per heavy atom. The van der Waals surface area contributed by atoms with Crippen LogP contribution in [0.2, 0.25) is 0 Å². The quantitative estimate of drug-likeness (QED) is 0.443. The molecule has 0 rings (SSSR count). The van der Waals surface area contributed by atoms with Gasteiger partial charge in [0.15, 0.2) is 0 Å². The Bertz CT molecular complexity index is 13.5. The maximum absolute atomic E-state index is 4.24. The van der Waals surface area contributed by atoms with E-state index in [9.17, 15) is 0 Å². The van der Waals surface area contributed by atoms with Crippen LogP contribution in [0.25, 0.3) is 0 Å². The normalized spacial score (nSPS) is 5.00. The highest BCUT2D eigenvalue weighted by atomic mass is 31.0. The summed E-state index contributed by atoms with van der Waals surface area (Å²) in [6, 6.07) is 0. The molecule has 0 aliphatic carbocycles. The van der Waals surface area contributed by atoms with Gasteiger partial charge < -0.3 is 4.52 Å². The molecular weight excluding hydrogens is 99.0 g/mol. The Labute approximate surface area is 40.9 Å². The van der Waals surface area contributed by atoms with Crippen LogP contribution in [0.5, 0.6) is 0 Å². The van der Waals surface area contributed by atoms with Gasteiger partial charge in [-0.2, -0.15) is 0 Å². The summed E-state index contributed by atoms with van der Waals surface area (Å²) in [4.78, 5) is 0. The molecule has 0 N–H and O–H groups in total. The van der Waals surface area contributed by atoms with Crippen LogP contribution < -0.4 is 12.3 Å². The lowest BCUT2D eigenvalue weighted by atomic mass is 10.9. The third-order valence-electron chi connectivity index (χ3n) is 0.129. The van der Waals surface area contributed by atoms with Crippen molar-refractivity contribution in [3.8, 4) is 0 Å². The number of hydrogen-bond acceptors (Lipinski definition) is 1. The first-order valence-electron chi connectivity index (χ1n) is 1.18. The topological polar surface area (TPSA) is 70.2 Å². The summed E-state index contributed by atoms with van der Waals surface area (Å²) in [6.07, 6.45) is 0. The fourth-order valence-electron chi connectivity index (χ4n) is 0. The van der Waals surface area contributed by atoms with E-state index in [0.29, 0.717) is 6.61 Å². The van der Waals surface area contributed by atoms with E-state index in [2.05, 4.69) is 14.0 Å². The van der Waals surface area contributed by atoms with Gasteiger partial charge in [0.2, 0.25) is 0 Å². The molecule has 6 heavy (non-hydrogen) atoms. The minimum atomic E-state index is 0. The number of hydrogen-bond donors (Lipinski definition) is 0. The van der Waals surface area contributed by atoms with Gasteiger partial charge in [-0.3, -0.25) is 0 Å². The largest absolute Gasteiger partial charge is 0.345 e. The third-order valence-corrected chi connectivity index (χ3v) is 0.387. The molecular formula is C2H5N2OP. The van der Waals surface area contributed by atoms with Crippen LogP contribution in [-0.2, 0) is 4.52 Å². The minimum absolute atomic E-state index is 0. The van der Waals surface area contributed by atoms with E-state index in [4.69, 9.17) is 0 Å². The molecule has 0 bridgehead atoms. The molecule has 8 radical (unpaired) electrons. The van der Waals surface area contributed by atoms with E-state index in [1.807, 2.05) is 6.92 Å². The molecule has 0 saturated carbocycles. The zero-order valence-corrected chi connectivity index (χ0v) is 4.35. The molecule has 0 amide bonds. The van der Waals surface area contributed by atoms with Crippen LogP contribution in [0.15, 0.2) is 0 Å². The summed E-state index contributed by atoms with van der Waals surface area (Å²) in [5.41, 5.74) is 0. The van der Waals surface area contributed by atoms with Crippen molar-refractivity contribution in [1.29, 1.82) is 0 Å². The number of rotatable bonds is 1. The monoisotopic (exact) mass is 104 g/mol. The predicted octanol–water partition coefficient (Wildman–Crippen LogP) is 0.387. The second-order valence-electron chi connectivity index (χ2n) is 0.418. The fraction of sp³-hybridized carbons (Fsp3) is 1.00. The molecule has 0 heterocycles. The summed E-state index contributed by atoms with van der Waals surface area (Å²) >= 11 is 0. The van der Waals surface area contributed by atoms with E-state index >= 15 is 0 Å². The van der Waals surface area contributed by atoms with Crippen LogP contribution in [-0.4, -0.2) is 6.61 Å². The van der Waals surface area contributed by atoms with Gasteiger partial charge >= 0.3 is 0 Å². The van der Waals surface area contributed by atoms with Crippen molar-refractivity contribution in [3.05, 3.63) is 0 Å². The van der Waals surface area contributed by atoms with Crippen LogP contribution in [0.1, 0.15) is 6.92 Å². The highest BCUT2D eigenvalue weighted by Crippen LogP contribution is 1.77. The second-order valence-corrected chi connectivity index (χ2v) is 0.676. The molecule has 0 atom stereocenters. The smallest absolute Gasteiger partial charge is 0.148 e. The zero-order chi connectivity index (χ0) is 3.41. The van der Waals surface area contributed by atoms with Gasteiger partial charge in [-0.25, -0.2) is 0 Å². The first kappa shape index (κ1) is 16.2. The summed E-state index contributed by atoms with van der Waals surface area (Å²) in [6.45, 7) is 2.57. The fourth-order valence-corrected chi connectivity index (χ4v) is 0. The lowest BCUT2D eigenvalue weighted by Gasteiger charge is -1.73. The lowest BCUT2D eigenvalue weighted by molar-refractivity contribution is 0.400. The SMILES string of the molecule is CCO[P].[N].[N]. The lowest BCUT2D eigenvalue weighted by Crippen LogP contribution is -1.63. The van der Waals surface area contributed by atoms with E-state index in [1.165, 1.54) is 0 Å². The molecule has 4 heteroatoms. The van der Waals surface area contributed by atoms with Crippen molar-refractivity contribution >= 4 is 9.47 Å². The zero-order valence-electron chi connectivity index (χ0n) is 3.46. The van der Waals surface area contributed by atoms with Gasteiger partial charge in [-0.15, -0.1) is 0 Å². The average molecular weight is 104 g/mol. The summed E-state index contributed by atoms with van der Waals surface area (Å²) in [5.74, 6) is 0. The molecule has 0 aromatic carbocycles. The number of nitrogens with zero attached hydrogens (tertiary/aromatic N) is 2. The predicted molar refractivity (Wildman–Crippen MR) is 22.8 cm³/mol. The molecule has 0 aliphatic rings. The summed E-state index contributed by atoms with van der Waals surface area (Å²) in [7, 11) is 3.42. The molecule has 0 unspecified atom stereocenters. The van der Waals surface area contributed by atoms with Gasteiger partial charge in [0.05, 0.1) is 0 Å². The van der Waals surface area contributed by atoms with Gasteiger partial charge in [-0.1, -0.05) is 0 Å². The van der Waals surface area contributed by atoms with Crippen molar-refractivity contribution in [2.24, 2.45) is 0 Å². The highest BCUT2D eigenvalue weighted by molar-refractivity contribution is 7.09. The molecule has 3 nitrogen and oxygen atoms in total.